The van der Waals surface area contributed by atoms with Crippen molar-refractivity contribution in [2.24, 2.45) is 0 Å². The molecule has 0 spiro atoms. The summed E-state index contributed by atoms with van der Waals surface area (Å²) in [4.78, 5) is 12.5. The van der Waals surface area contributed by atoms with Gasteiger partial charge in [0.25, 0.3) is 0 Å². The second kappa shape index (κ2) is 7.84. The number of hydrogen-bond donors (Lipinski definition) is 1. The van der Waals surface area contributed by atoms with Crippen LogP contribution in [0.3, 0.4) is 0 Å². The van der Waals surface area contributed by atoms with Gasteiger partial charge in [-0.1, -0.05) is 18.5 Å². The van der Waals surface area contributed by atoms with Gasteiger partial charge in [-0.05, 0) is 38.1 Å². The van der Waals surface area contributed by atoms with Crippen LogP contribution in [0.25, 0.3) is 11.5 Å². The van der Waals surface area contributed by atoms with E-state index in [4.69, 9.17) is 20.8 Å². The monoisotopic (exact) mass is 388 g/mol. The third-order valence-corrected chi connectivity index (χ3v) is 4.61. The average Bonchev–Trinajstić information content (AvgIpc) is 3.22. The molecule has 0 fully saturated rings. The van der Waals surface area contributed by atoms with Gasteiger partial charge in [-0.25, -0.2) is 0 Å². The molecule has 3 rings (SSSR count). The van der Waals surface area contributed by atoms with Crippen LogP contribution in [-0.2, 0) is 17.8 Å². The van der Waals surface area contributed by atoms with Gasteiger partial charge < -0.3 is 19.0 Å². The molecule has 0 aliphatic heterocycles. The molecule has 7 nitrogen and oxygen atoms in total. The molecule has 27 heavy (non-hydrogen) atoms. The summed E-state index contributed by atoms with van der Waals surface area (Å²) in [6.07, 6.45) is 0.679. The number of carbonyl (C=O) groups excluding carboxylic acids is 1. The lowest BCUT2D eigenvalue weighted by Gasteiger charge is -2.11. The molecule has 8 heteroatoms. The molecule has 142 valence electrons. The number of benzene rings is 1. The van der Waals surface area contributed by atoms with Crippen LogP contribution in [0.1, 0.15) is 24.2 Å². The SMILES string of the molecule is CCc1nnc(-c2cc(C)n(CC(=O)Nc3ccc(OC)c(Cl)c3)c2C)o1. The van der Waals surface area contributed by atoms with Gasteiger partial charge in [0.1, 0.15) is 12.3 Å². The zero-order valence-corrected chi connectivity index (χ0v) is 16.4. The highest BCUT2D eigenvalue weighted by Crippen LogP contribution is 2.28. The summed E-state index contributed by atoms with van der Waals surface area (Å²) in [7, 11) is 1.54. The molecule has 2 heterocycles. The summed E-state index contributed by atoms with van der Waals surface area (Å²) in [5.74, 6) is 1.45. The van der Waals surface area contributed by atoms with Gasteiger partial charge in [-0.3, -0.25) is 4.79 Å². The average molecular weight is 389 g/mol. The predicted molar refractivity (Wildman–Crippen MR) is 103 cm³/mol. The molecule has 0 radical (unpaired) electrons. The number of hydrogen-bond acceptors (Lipinski definition) is 5. The largest absolute Gasteiger partial charge is 0.495 e. The molecular weight excluding hydrogens is 368 g/mol. The second-order valence-corrected chi connectivity index (χ2v) is 6.53. The molecule has 1 N–H and O–H groups in total. The van der Waals surface area contributed by atoms with Gasteiger partial charge in [-0.15, -0.1) is 10.2 Å². The number of methoxy groups -OCH3 is 1. The van der Waals surface area contributed by atoms with Gasteiger partial charge in [0, 0.05) is 23.5 Å². The van der Waals surface area contributed by atoms with Crippen LogP contribution in [0.2, 0.25) is 5.02 Å². The summed E-state index contributed by atoms with van der Waals surface area (Å²) in [6.45, 7) is 5.98. The number of aromatic nitrogens is 3. The minimum Gasteiger partial charge on any atom is -0.495 e. The molecular formula is C19H21ClN4O3. The van der Waals surface area contributed by atoms with Crippen molar-refractivity contribution in [2.45, 2.75) is 33.7 Å². The van der Waals surface area contributed by atoms with Crippen LogP contribution in [0.15, 0.2) is 28.7 Å². The lowest BCUT2D eigenvalue weighted by molar-refractivity contribution is -0.116. The maximum Gasteiger partial charge on any atom is 0.249 e. The summed E-state index contributed by atoms with van der Waals surface area (Å²) in [6, 6.07) is 7.06. The lowest BCUT2D eigenvalue weighted by Crippen LogP contribution is -2.20. The van der Waals surface area contributed by atoms with Crippen LogP contribution in [0.4, 0.5) is 5.69 Å². The third-order valence-electron chi connectivity index (χ3n) is 4.31. The van der Waals surface area contributed by atoms with Crippen LogP contribution < -0.4 is 10.1 Å². The fraction of sp³-hybridized carbons (Fsp3) is 0.316. The Balaban J connectivity index is 1.77. The standard InChI is InChI=1S/C19H21ClN4O3/c1-5-18-22-23-19(27-18)14-8-11(2)24(12(14)3)10-17(25)21-13-6-7-16(26-4)15(20)9-13/h6-9H,5,10H2,1-4H3,(H,21,25). The van der Waals surface area contributed by atoms with E-state index in [1.54, 1.807) is 25.3 Å². The number of amides is 1. The number of carbonyl (C=O) groups is 1. The smallest absolute Gasteiger partial charge is 0.249 e. The fourth-order valence-electron chi connectivity index (χ4n) is 2.85. The molecule has 1 aromatic carbocycles. The number of nitrogens with zero attached hydrogens (tertiary/aromatic N) is 3. The van der Waals surface area contributed by atoms with Crippen molar-refractivity contribution in [1.82, 2.24) is 14.8 Å². The van der Waals surface area contributed by atoms with Gasteiger partial charge in [0.2, 0.25) is 17.7 Å². The number of rotatable bonds is 6. The van der Waals surface area contributed by atoms with E-state index in [2.05, 4.69) is 15.5 Å². The Labute approximate surface area is 162 Å². The number of halogens is 1. The van der Waals surface area contributed by atoms with Crippen molar-refractivity contribution in [3.8, 4) is 17.2 Å². The van der Waals surface area contributed by atoms with Gasteiger partial charge in [-0.2, -0.15) is 0 Å². The normalized spacial score (nSPS) is 10.9. The number of ether oxygens (including phenoxy) is 1. The zero-order valence-electron chi connectivity index (χ0n) is 15.7. The number of anilines is 1. The predicted octanol–water partition coefficient (Wildman–Crippen LogP) is 4.02. The summed E-state index contributed by atoms with van der Waals surface area (Å²) >= 11 is 6.10. The Hall–Kier alpha value is -2.80. The molecule has 0 bridgehead atoms. The quantitative estimate of drug-likeness (QED) is 0.689. The molecule has 3 aromatic rings. The van der Waals surface area contributed by atoms with E-state index in [9.17, 15) is 4.79 Å². The van der Waals surface area contributed by atoms with Crippen molar-refractivity contribution < 1.29 is 13.9 Å². The molecule has 0 saturated heterocycles. The van der Waals surface area contributed by atoms with Crippen molar-refractivity contribution >= 4 is 23.2 Å². The van der Waals surface area contributed by atoms with Crippen LogP contribution in [-0.4, -0.2) is 27.8 Å². The van der Waals surface area contributed by atoms with Crippen LogP contribution in [0.5, 0.6) is 5.75 Å². The number of nitrogens with one attached hydrogen (secondary N) is 1. The fourth-order valence-corrected chi connectivity index (χ4v) is 3.11. The number of aryl methyl sites for hydroxylation is 2. The molecule has 0 aliphatic rings. The van der Waals surface area contributed by atoms with Crippen LogP contribution in [0, 0.1) is 13.8 Å². The van der Waals surface area contributed by atoms with E-state index in [1.807, 2.05) is 31.4 Å². The molecule has 0 saturated carbocycles. The highest BCUT2D eigenvalue weighted by molar-refractivity contribution is 6.32. The Morgan fingerprint density at radius 1 is 1.30 bits per heavy atom. The summed E-state index contributed by atoms with van der Waals surface area (Å²) in [5.41, 5.74) is 3.27. The van der Waals surface area contributed by atoms with E-state index in [0.717, 1.165) is 17.0 Å². The first kappa shape index (κ1) is 19.0. The van der Waals surface area contributed by atoms with Crippen molar-refractivity contribution in [3.63, 3.8) is 0 Å². The Bertz CT molecular complexity index is 977. The van der Waals surface area contributed by atoms with E-state index in [0.29, 0.717) is 34.7 Å². The Kier molecular flexibility index (Phi) is 5.51. The first-order chi connectivity index (χ1) is 12.9. The van der Waals surface area contributed by atoms with Gasteiger partial charge >= 0.3 is 0 Å². The Morgan fingerprint density at radius 2 is 2.07 bits per heavy atom. The highest BCUT2D eigenvalue weighted by Gasteiger charge is 2.18. The van der Waals surface area contributed by atoms with Crippen molar-refractivity contribution in [3.05, 3.63) is 46.6 Å². The Morgan fingerprint density at radius 3 is 2.70 bits per heavy atom. The maximum atomic E-state index is 12.5. The third kappa shape index (κ3) is 3.98. The topological polar surface area (TPSA) is 82.2 Å². The summed E-state index contributed by atoms with van der Waals surface area (Å²) in [5, 5.41) is 11.4. The highest BCUT2D eigenvalue weighted by atomic mass is 35.5. The molecule has 0 unspecified atom stereocenters. The zero-order chi connectivity index (χ0) is 19.6. The van der Waals surface area contributed by atoms with Gasteiger partial charge in [0.15, 0.2) is 0 Å². The minimum absolute atomic E-state index is 0.163. The first-order valence-corrected chi connectivity index (χ1v) is 8.93. The molecule has 0 aliphatic carbocycles. The van der Waals surface area contributed by atoms with E-state index < -0.39 is 0 Å². The van der Waals surface area contributed by atoms with Crippen molar-refractivity contribution in [1.29, 1.82) is 0 Å². The van der Waals surface area contributed by atoms with E-state index >= 15 is 0 Å². The molecule has 2 aromatic heterocycles. The molecule has 1 amide bonds. The minimum atomic E-state index is -0.163. The second-order valence-electron chi connectivity index (χ2n) is 6.12. The van der Waals surface area contributed by atoms with Crippen LogP contribution >= 0.6 is 11.6 Å². The van der Waals surface area contributed by atoms with Crippen molar-refractivity contribution in [2.75, 3.05) is 12.4 Å². The molecule has 0 atom stereocenters. The van der Waals surface area contributed by atoms with E-state index in [1.165, 1.54) is 0 Å². The first-order valence-electron chi connectivity index (χ1n) is 8.55. The summed E-state index contributed by atoms with van der Waals surface area (Å²) < 4.78 is 12.7. The van der Waals surface area contributed by atoms with Gasteiger partial charge in [0.05, 0.1) is 17.7 Å². The maximum absolute atomic E-state index is 12.5. The van der Waals surface area contributed by atoms with E-state index in [-0.39, 0.29) is 12.5 Å². The lowest BCUT2D eigenvalue weighted by atomic mass is 10.2.